The monoisotopic (exact) mass is 588 g/mol. The highest BCUT2D eigenvalue weighted by Gasteiger charge is 2.72. The number of aliphatic hydroxyl groups excluding tert-OH is 5. The van der Waals surface area contributed by atoms with Crippen LogP contribution in [0, 0.1) is 50.2 Å². The van der Waals surface area contributed by atoms with Crippen molar-refractivity contribution in [3.8, 4) is 0 Å². The average molecular weight is 589 g/mol. The average Bonchev–Trinajstić information content (AvgIpc) is 2.93. The number of carbonyl (C=O) groups is 1. The maximum absolute atomic E-state index is 12.9. The van der Waals surface area contributed by atoms with Crippen LogP contribution < -0.4 is 0 Å². The zero-order valence-electron chi connectivity index (χ0n) is 27.1. The minimum atomic E-state index is -1.23. The van der Waals surface area contributed by atoms with Gasteiger partial charge in [-0.25, -0.2) is 4.79 Å². The summed E-state index contributed by atoms with van der Waals surface area (Å²) in [4.78, 5) is 12.9. The first-order chi connectivity index (χ1) is 19.4. The van der Waals surface area contributed by atoms with Gasteiger partial charge in [-0.3, -0.25) is 0 Å². The maximum atomic E-state index is 12.9. The molecule has 7 nitrogen and oxygen atoms in total. The highest BCUT2D eigenvalue weighted by Crippen LogP contribution is 2.75. The van der Waals surface area contributed by atoms with Gasteiger partial charge >= 0.3 is 5.97 Å². The van der Waals surface area contributed by atoms with Gasteiger partial charge in [-0.05, 0) is 92.8 Å². The summed E-state index contributed by atoms with van der Waals surface area (Å²) < 4.78 is 5.93. The fourth-order valence-electron chi connectivity index (χ4n) is 11.5. The first kappa shape index (κ1) is 32.2. The van der Waals surface area contributed by atoms with E-state index in [2.05, 4.69) is 33.8 Å². The minimum absolute atomic E-state index is 0.0255. The van der Waals surface area contributed by atoms with Crippen LogP contribution in [0.3, 0.4) is 0 Å². The lowest BCUT2D eigenvalue weighted by atomic mass is 9.33. The van der Waals surface area contributed by atoms with Crippen molar-refractivity contribution in [2.75, 3.05) is 13.2 Å². The Kier molecular flexibility index (Phi) is 7.76. The van der Waals surface area contributed by atoms with E-state index in [1.54, 1.807) is 19.9 Å². The molecule has 0 heterocycles. The first-order valence-electron chi connectivity index (χ1n) is 16.2. The Hall–Kier alpha value is -1.25. The molecule has 12 atom stereocenters. The van der Waals surface area contributed by atoms with Crippen LogP contribution in [-0.2, 0) is 9.53 Å². The van der Waals surface area contributed by atoms with E-state index in [0.717, 1.165) is 25.7 Å². The maximum Gasteiger partial charge on any atom is 0.333 e. The van der Waals surface area contributed by atoms with Crippen LogP contribution in [0.5, 0.6) is 0 Å². The highest BCUT2D eigenvalue weighted by molar-refractivity contribution is 5.87. The van der Waals surface area contributed by atoms with E-state index in [0.29, 0.717) is 30.8 Å². The molecule has 0 bridgehead atoms. The number of rotatable bonds is 4. The molecule has 5 rings (SSSR count). The van der Waals surface area contributed by atoms with E-state index >= 15 is 0 Å². The van der Waals surface area contributed by atoms with Gasteiger partial charge in [0.1, 0.15) is 12.2 Å². The normalized spacial score (nSPS) is 51.8. The third-order valence-electron chi connectivity index (χ3n) is 14.5. The molecule has 0 aromatic heterocycles. The molecule has 238 valence electrons. The van der Waals surface area contributed by atoms with Crippen molar-refractivity contribution >= 4 is 5.97 Å². The van der Waals surface area contributed by atoms with E-state index in [9.17, 15) is 30.3 Å². The fourth-order valence-corrected chi connectivity index (χ4v) is 11.5. The van der Waals surface area contributed by atoms with Crippen molar-refractivity contribution < 1.29 is 35.1 Å². The lowest BCUT2D eigenvalue weighted by Crippen LogP contribution is -2.72. The molecule has 42 heavy (non-hydrogen) atoms. The van der Waals surface area contributed by atoms with Crippen LogP contribution in [0.4, 0.5) is 0 Å². The minimum Gasteiger partial charge on any atom is -0.456 e. The van der Waals surface area contributed by atoms with Gasteiger partial charge in [0.15, 0.2) is 0 Å². The Morgan fingerprint density at radius 3 is 2.21 bits per heavy atom. The predicted molar refractivity (Wildman–Crippen MR) is 161 cm³/mol. The van der Waals surface area contributed by atoms with Crippen LogP contribution in [0.2, 0.25) is 0 Å². The lowest BCUT2D eigenvalue weighted by Gasteiger charge is -2.72. The molecule has 0 aromatic carbocycles. The summed E-state index contributed by atoms with van der Waals surface area (Å²) >= 11 is 0. The summed E-state index contributed by atoms with van der Waals surface area (Å²) in [6, 6.07) is 0. The van der Waals surface area contributed by atoms with Crippen LogP contribution in [-0.4, -0.2) is 69.1 Å². The number of aliphatic hydroxyl groups is 5. The molecule has 0 spiro atoms. The summed E-state index contributed by atoms with van der Waals surface area (Å²) in [7, 11) is 0. The fraction of sp³-hybridized carbons (Fsp3) is 0.857. The Balaban J connectivity index is 1.58. The smallest absolute Gasteiger partial charge is 0.333 e. The largest absolute Gasteiger partial charge is 0.456 e. The standard InChI is InChI=1S/C35H56O7/c1-9-20(2)29(41)42-28-27(40)35(19-37)22(16-30(28,3)4)21-10-11-24-31(5)14-13-25(38)32(6,18-36)23(31)12-15-33(24,7)34(21,8)17-26(35)39/h9-10,22-28,36-40H,11-19H2,1-8H3/b20-9-/t22-,23+,24+,25-,26+,27-,28?,31-,32+,33+,34+,35-/m0/s1. The van der Waals surface area contributed by atoms with Crippen molar-refractivity contribution in [2.24, 2.45) is 50.2 Å². The van der Waals surface area contributed by atoms with Gasteiger partial charge < -0.3 is 30.3 Å². The zero-order valence-corrected chi connectivity index (χ0v) is 27.1. The van der Waals surface area contributed by atoms with Gasteiger partial charge in [0.25, 0.3) is 0 Å². The van der Waals surface area contributed by atoms with E-state index in [4.69, 9.17) is 4.74 Å². The topological polar surface area (TPSA) is 127 Å². The van der Waals surface area contributed by atoms with Crippen molar-refractivity contribution in [1.29, 1.82) is 0 Å². The van der Waals surface area contributed by atoms with Gasteiger partial charge in [-0.15, -0.1) is 0 Å². The van der Waals surface area contributed by atoms with Crippen molar-refractivity contribution in [3.63, 3.8) is 0 Å². The molecule has 0 aliphatic heterocycles. The van der Waals surface area contributed by atoms with E-state index in [1.807, 2.05) is 13.8 Å². The number of esters is 1. The SMILES string of the molecule is C/C=C(/C)C(=O)OC1[C@H](O)[C@]2(CO)[C@H](O)C[C@]3(C)C(=CC[C@@H]4[C@@]5(C)CC[C@H](O)[C@](C)(CO)[C@@H]5CC[C@]43C)[C@@H]2CC1(C)C. The number of hydrogen-bond acceptors (Lipinski definition) is 7. The molecule has 5 aliphatic rings. The molecule has 0 radical (unpaired) electrons. The summed E-state index contributed by atoms with van der Waals surface area (Å²) in [5.74, 6) is -0.241. The zero-order chi connectivity index (χ0) is 31.3. The second kappa shape index (κ2) is 10.1. The third kappa shape index (κ3) is 3.92. The van der Waals surface area contributed by atoms with Crippen molar-refractivity contribution in [2.45, 2.75) is 125 Å². The number of fused-ring (bicyclic) bond motifs is 7. The molecule has 4 saturated carbocycles. The van der Waals surface area contributed by atoms with Gasteiger partial charge in [0.2, 0.25) is 0 Å². The highest BCUT2D eigenvalue weighted by atomic mass is 16.6. The van der Waals surface area contributed by atoms with Crippen LogP contribution >= 0.6 is 0 Å². The van der Waals surface area contributed by atoms with Crippen LogP contribution in [0.15, 0.2) is 23.3 Å². The number of ether oxygens (including phenoxy) is 1. The van der Waals surface area contributed by atoms with Crippen LogP contribution in [0.25, 0.3) is 0 Å². The van der Waals surface area contributed by atoms with Gasteiger partial charge in [-0.1, -0.05) is 59.3 Å². The van der Waals surface area contributed by atoms with Gasteiger partial charge in [-0.2, -0.15) is 0 Å². The molecule has 4 fully saturated rings. The lowest BCUT2D eigenvalue weighted by molar-refractivity contribution is -0.262. The summed E-state index contributed by atoms with van der Waals surface area (Å²) in [6.45, 7) is 16.2. The summed E-state index contributed by atoms with van der Waals surface area (Å²) in [6.07, 6.45) is 5.72. The quantitative estimate of drug-likeness (QED) is 0.185. The number of hydrogen-bond donors (Lipinski definition) is 5. The second-order valence-electron chi connectivity index (χ2n) is 16.5. The molecule has 1 unspecified atom stereocenters. The van der Waals surface area contributed by atoms with Crippen LogP contribution in [0.1, 0.15) is 100 Å². The van der Waals surface area contributed by atoms with Crippen molar-refractivity contribution in [3.05, 3.63) is 23.3 Å². The molecule has 0 saturated heterocycles. The Morgan fingerprint density at radius 1 is 0.952 bits per heavy atom. The third-order valence-corrected chi connectivity index (χ3v) is 14.5. The summed E-state index contributed by atoms with van der Waals surface area (Å²) in [5.41, 5.74) is -1.25. The van der Waals surface area contributed by atoms with Gasteiger partial charge in [0, 0.05) is 16.4 Å². The number of allylic oxidation sites excluding steroid dienone is 3. The molecular weight excluding hydrogens is 532 g/mol. The number of carbonyl (C=O) groups excluding carboxylic acids is 1. The summed E-state index contributed by atoms with van der Waals surface area (Å²) in [5, 5.41) is 56.6. The molecule has 0 amide bonds. The molecule has 5 N–H and O–H groups in total. The molecular formula is C35H56O7. The first-order valence-corrected chi connectivity index (χ1v) is 16.2. The molecule has 5 aliphatic carbocycles. The van der Waals surface area contributed by atoms with E-state index in [-0.39, 0.29) is 34.7 Å². The van der Waals surface area contributed by atoms with E-state index < -0.39 is 53.2 Å². The molecule has 0 aromatic rings. The Morgan fingerprint density at radius 2 is 1.62 bits per heavy atom. The second-order valence-corrected chi connectivity index (χ2v) is 16.5. The molecule has 7 heteroatoms. The predicted octanol–water partition coefficient (Wildman–Crippen LogP) is 4.54. The van der Waals surface area contributed by atoms with Gasteiger partial charge in [0.05, 0.1) is 30.8 Å². The van der Waals surface area contributed by atoms with E-state index in [1.165, 1.54) is 5.57 Å². The Labute approximate surface area is 252 Å². The van der Waals surface area contributed by atoms with Crippen molar-refractivity contribution in [1.82, 2.24) is 0 Å². The Bertz CT molecular complexity index is 1160.